The number of rotatable bonds is 5. The van der Waals surface area contributed by atoms with Crippen LogP contribution in [0.1, 0.15) is 48.3 Å². The number of amides is 2. The van der Waals surface area contributed by atoms with E-state index in [4.69, 9.17) is 21.4 Å². The van der Waals surface area contributed by atoms with Crippen molar-refractivity contribution < 1.29 is 14.3 Å². The van der Waals surface area contributed by atoms with Gasteiger partial charge in [-0.05, 0) is 50.5 Å². The van der Waals surface area contributed by atoms with E-state index in [0.717, 1.165) is 44.6 Å². The van der Waals surface area contributed by atoms with E-state index in [1.54, 1.807) is 24.3 Å². The number of aromatic nitrogens is 2. The van der Waals surface area contributed by atoms with Gasteiger partial charge in [0.1, 0.15) is 11.4 Å². The Hall–Kier alpha value is -2.54. The maximum Gasteiger partial charge on any atom is 0.272 e. The molecule has 7 nitrogen and oxygen atoms in total. The van der Waals surface area contributed by atoms with Crippen LogP contribution in [-0.4, -0.2) is 64.2 Å². The second-order valence-electron chi connectivity index (χ2n) is 7.82. The van der Waals surface area contributed by atoms with Gasteiger partial charge in [0.15, 0.2) is 6.61 Å². The van der Waals surface area contributed by atoms with E-state index >= 15 is 0 Å². The van der Waals surface area contributed by atoms with E-state index in [1.807, 2.05) is 27.5 Å². The van der Waals surface area contributed by atoms with Crippen molar-refractivity contribution in [3.05, 3.63) is 46.7 Å². The maximum atomic E-state index is 12.7. The zero-order valence-corrected chi connectivity index (χ0v) is 18.0. The van der Waals surface area contributed by atoms with Gasteiger partial charge in [-0.1, -0.05) is 17.7 Å². The summed E-state index contributed by atoms with van der Waals surface area (Å²) in [6.45, 7) is 5.62. The van der Waals surface area contributed by atoms with Crippen LogP contribution in [0.2, 0.25) is 5.02 Å². The van der Waals surface area contributed by atoms with Crippen LogP contribution in [0, 0.1) is 0 Å². The summed E-state index contributed by atoms with van der Waals surface area (Å²) in [6, 6.07) is 9.01. The number of fused-ring (bicyclic) bond motifs is 1. The molecule has 1 aromatic heterocycles. The zero-order chi connectivity index (χ0) is 21.1. The summed E-state index contributed by atoms with van der Waals surface area (Å²) in [6.07, 6.45) is 2.60. The molecule has 2 amide bonds. The Balaban J connectivity index is 1.33. The minimum atomic E-state index is -0.0252. The minimum Gasteiger partial charge on any atom is -0.484 e. The molecular weight excluding hydrogens is 404 g/mol. The third kappa shape index (κ3) is 4.46. The molecule has 8 heteroatoms. The number of piperidine rings is 1. The van der Waals surface area contributed by atoms with E-state index < -0.39 is 0 Å². The van der Waals surface area contributed by atoms with Gasteiger partial charge in [0.05, 0.1) is 5.69 Å². The zero-order valence-electron chi connectivity index (χ0n) is 17.2. The smallest absolute Gasteiger partial charge is 0.272 e. The molecule has 0 spiro atoms. The third-order valence-corrected chi connectivity index (χ3v) is 6.14. The van der Waals surface area contributed by atoms with E-state index in [2.05, 4.69) is 0 Å². The quantitative estimate of drug-likeness (QED) is 0.730. The molecule has 1 aromatic carbocycles. The van der Waals surface area contributed by atoms with Gasteiger partial charge in [-0.2, -0.15) is 5.10 Å². The molecule has 30 heavy (non-hydrogen) atoms. The number of hydrogen-bond acceptors (Lipinski definition) is 4. The number of carbonyl (C=O) groups excluding carboxylic acids is 2. The number of ether oxygens (including phenoxy) is 1. The average Bonchev–Trinajstić information content (AvgIpc) is 3.13. The molecular formula is C22H27ClN4O3. The van der Waals surface area contributed by atoms with E-state index in [-0.39, 0.29) is 24.3 Å². The summed E-state index contributed by atoms with van der Waals surface area (Å²) in [7, 11) is 0. The van der Waals surface area contributed by atoms with Crippen LogP contribution < -0.4 is 4.74 Å². The SMILES string of the molecule is CCN1CCCn2nc(C3CCN(C(=O)COc4cccc(Cl)c4)CC3)cc2C1=O. The van der Waals surface area contributed by atoms with Gasteiger partial charge in [-0.15, -0.1) is 0 Å². The fourth-order valence-electron chi connectivity index (χ4n) is 4.17. The summed E-state index contributed by atoms with van der Waals surface area (Å²) < 4.78 is 7.44. The fourth-order valence-corrected chi connectivity index (χ4v) is 4.35. The summed E-state index contributed by atoms with van der Waals surface area (Å²) >= 11 is 5.95. The van der Waals surface area contributed by atoms with Crippen molar-refractivity contribution in [2.45, 2.75) is 38.6 Å². The second-order valence-corrected chi connectivity index (χ2v) is 8.25. The Morgan fingerprint density at radius 2 is 2.00 bits per heavy atom. The molecule has 1 fully saturated rings. The molecule has 0 atom stereocenters. The Kier molecular flexibility index (Phi) is 6.27. The van der Waals surface area contributed by atoms with Gasteiger partial charge in [0.2, 0.25) is 0 Å². The lowest BCUT2D eigenvalue weighted by atomic mass is 9.93. The van der Waals surface area contributed by atoms with Crippen LogP contribution in [0.5, 0.6) is 5.75 Å². The molecule has 1 saturated heterocycles. The van der Waals surface area contributed by atoms with Crippen molar-refractivity contribution in [3.8, 4) is 5.75 Å². The standard InChI is InChI=1S/C22H27ClN4O3/c1-2-25-9-4-10-27-20(22(25)29)14-19(24-27)16-7-11-26(12-8-16)21(28)15-30-18-6-3-5-17(23)13-18/h3,5-6,13-14,16H,2,4,7-12,15H2,1H3. The Labute approximate surface area is 181 Å². The minimum absolute atomic E-state index is 0.00510. The molecule has 2 aliphatic rings. The maximum absolute atomic E-state index is 12.7. The largest absolute Gasteiger partial charge is 0.484 e. The molecule has 0 bridgehead atoms. The van der Waals surface area contributed by atoms with Gasteiger partial charge >= 0.3 is 0 Å². The number of likely N-dealkylation sites (tertiary alicyclic amines) is 1. The fraction of sp³-hybridized carbons (Fsp3) is 0.500. The number of benzene rings is 1. The Morgan fingerprint density at radius 1 is 1.20 bits per heavy atom. The molecule has 0 unspecified atom stereocenters. The molecule has 4 rings (SSSR count). The first-order valence-electron chi connectivity index (χ1n) is 10.6. The topological polar surface area (TPSA) is 67.7 Å². The van der Waals surface area contributed by atoms with E-state index in [9.17, 15) is 9.59 Å². The Morgan fingerprint density at radius 3 is 2.73 bits per heavy atom. The highest BCUT2D eigenvalue weighted by Crippen LogP contribution is 2.29. The van der Waals surface area contributed by atoms with Crippen molar-refractivity contribution in [2.75, 3.05) is 32.8 Å². The van der Waals surface area contributed by atoms with Crippen LogP contribution in [0.4, 0.5) is 0 Å². The molecule has 2 aliphatic heterocycles. The first-order chi connectivity index (χ1) is 14.5. The van der Waals surface area contributed by atoms with Crippen LogP contribution in [0.15, 0.2) is 30.3 Å². The van der Waals surface area contributed by atoms with Crippen LogP contribution >= 0.6 is 11.6 Å². The average molecular weight is 431 g/mol. The van der Waals surface area contributed by atoms with Crippen LogP contribution in [-0.2, 0) is 11.3 Å². The van der Waals surface area contributed by atoms with Crippen LogP contribution in [0.25, 0.3) is 0 Å². The van der Waals surface area contributed by atoms with Crippen molar-refractivity contribution in [1.82, 2.24) is 19.6 Å². The number of carbonyl (C=O) groups is 2. The van der Waals surface area contributed by atoms with Crippen LogP contribution in [0.3, 0.4) is 0 Å². The van der Waals surface area contributed by atoms with Gasteiger partial charge < -0.3 is 14.5 Å². The van der Waals surface area contributed by atoms with Crippen molar-refractivity contribution in [1.29, 1.82) is 0 Å². The molecule has 3 heterocycles. The highest BCUT2D eigenvalue weighted by molar-refractivity contribution is 6.30. The lowest BCUT2D eigenvalue weighted by Gasteiger charge is -2.31. The van der Waals surface area contributed by atoms with Gasteiger partial charge in [-0.25, -0.2) is 0 Å². The molecule has 0 N–H and O–H groups in total. The Bertz CT molecular complexity index is 921. The van der Waals surface area contributed by atoms with Gasteiger partial charge in [-0.3, -0.25) is 14.3 Å². The van der Waals surface area contributed by atoms with Gasteiger partial charge in [0, 0.05) is 43.7 Å². The normalized spacial score (nSPS) is 17.6. The summed E-state index contributed by atoms with van der Waals surface area (Å²) in [5.41, 5.74) is 1.66. The second kappa shape index (κ2) is 9.08. The predicted octanol–water partition coefficient (Wildman–Crippen LogP) is 3.19. The van der Waals surface area contributed by atoms with E-state index in [1.165, 1.54) is 0 Å². The lowest BCUT2D eigenvalue weighted by Crippen LogP contribution is -2.40. The number of halogens is 1. The summed E-state index contributed by atoms with van der Waals surface area (Å²) in [4.78, 5) is 28.9. The van der Waals surface area contributed by atoms with Gasteiger partial charge in [0.25, 0.3) is 11.8 Å². The highest BCUT2D eigenvalue weighted by atomic mass is 35.5. The molecule has 0 radical (unpaired) electrons. The monoisotopic (exact) mass is 430 g/mol. The lowest BCUT2D eigenvalue weighted by molar-refractivity contribution is -0.134. The third-order valence-electron chi connectivity index (χ3n) is 5.91. The first kappa shape index (κ1) is 20.7. The predicted molar refractivity (Wildman–Crippen MR) is 114 cm³/mol. The highest BCUT2D eigenvalue weighted by Gasteiger charge is 2.29. The van der Waals surface area contributed by atoms with E-state index in [0.29, 0.717) is 29.6 Å². The molecule has 2 aromatic rings. The summed E-state index contributed by atoms with van der Waals surface area (Å²) in [5.74, 6) is 0.906. The first-order valence-corrected chi connectivity index (χ1v) is 11.0. The summed E-state index contributed by atoms with van der Waals surface area (Å²) in [5, 5.41) is 5.32. The van der Waals surface area contributed by atoms with Crippen molar-refractivity contribution in [3.63, 3.8) is 0 Å². The van der Waals surface area contributed by atoms with Crippen molar-refractivity contribution in [2.24, 2.45) is 0 Å². The number of hydrogen-bond donors (Lipinski definition) is 0. The number of aryl methyl sites for hydroxylation is 1. The molecule has 0 aliphatic carbocycles. The molecule has 160 valence electrons. The molecule has 0 saturated carbocycles. The van der Waals surface area contributed by atoms with Crippen molar-refractivity contribution >= 4 is 23.4 Å². The number of nitrogens with zero attached hydrogens (tertiary/aromatic N) is 4.